The molecule has 1 aromatic carbocycles. The first-order valence-electron chi connectivity index (χ1n) is 9.87. The minimum atomic E-state index is -0.502. The number of anilines is 2. The van der Waals surface area contributed by atoms with Gasteiger partial charge in [-0.3, -0.25) is 14.5 Å². The highest BCUT2D eigenvalue weighted by Crippen LogP contribution is 2.27. The van der Waals surface area contributed by atoms with Crippen LogP contribution in [0.3, 0.4) is 0 Å². The number of rotatable bonds is 5. The Morgan fingerprint density at radius 3 is 2.55 bits per heavy atom. The van der Waals surface area contributed by atoms with Gasteiger partial charge in [-0.25, -0.2) is 4.79 Å². The van der Waals surface area contributed by atoms with Crippen molar-refractivity contribution in [2.24, 2.45) is 5.73 Å². The molecule has 2 aliphatic heterocycles. The lowest BCUT2D eigenvalue weighted by Gasteiger charge is -2.18. The van der Waals surface area contributed by atoms with E-state index in [9.17, 15) is 14.4 Å². The largest absolute Gasteiger partial charge is 0.442 e. The molecule has 2 atom stereocenters. The zero-order valence-corrected chi connectivity index (χ0v) is 18.1. The van der Waals surface area contributed by atoms with E-state index in [-0.39, 0.29) is 24.9 Å². The van der Waals surface area contributed by atoms with Gasteiger partial charge < -0.3 is 20.7 Å². The van der Waals surface area contributed by atoms with Crippen molar-refractivity contribution >= 4 is 58.0 Å². The first kappa shape index (κ1) is 21.5. The molecule has 2 heterocycles. The fraction of sp³-hybridized carbons (Fsp3) is 0.333. The van der Waals surface area contributed by atoms with Crippen molar-refractivity contribution in [2.45, 2.75) is 25.0 Å². The Labute approximate surface area is 189 Å². The Kier molecular flexibility index (Phi) is 6.08. The normalized spacial score (nSPS) is 23.6. The van der Waals surface area contributed by atoms with Crippen LogP contribution in [0.25, 0.3) is 0 Å². The molecule has 1 aliphatic carbocycles. The monoisotopic (exact) mass is 460 g/mol. The maximum Gasteiger partial charge on any atom is 0.414 e. The second kappa shape index (κ2) is 8.78. The van der Waals surface area contributed by atoms with Gasteiger partial charge in [0.2, 0.25) is 5.91 Å². The minimum Gasteiger partial charge on any atom is -0.442 e. The average Bonchev–Trinajstić information content (AvgIpc) is 3.30. The standard InChI is InChI=1S/C21H21ClN4O4S/c22-12-1-6-18(31)16(9-12)19(27)24-10-15-11-26(21(29)30-15)14-4-2-13(3-5-14)25-8-7-17(23)20(25)28/h1-5,9,15,17H,6-8,10-11,23H2,(H,24,27)/t15-,17+/m0/s1. The molecule has 31 heavy (non-hydrogen) atoms. The minimum absolute atomic E-state index is 0.103. The molecule has 2 saturated heterocycles. The lowest BCUT2D eigenvalue weighted by molar-refractivity contribution is -0.118. The number of halogens is 1. The molecule has 4 rings (SSSR count). The number of hydrogen-bond donors (Lipinski definition) is 2. The molecule has 3 N–H and O–H groups in total. The Hall–Kier alpha value is -2.75. The van der Waals surface area contributed by atoms with Crippen molar-refractivity contribution in [2.75, 3.05) is 29.4 Å². The Morgan fingerprint density at radius 1 is 1.23 bits per heavy atom. The summed E-state index contributed by atoms with van der Waals surface area (Å²) in [4.78, 5) is 40.5. The third-order valence-electron chi connectivity index (χ3n) is 5.39. The number of carbonyl (C=O) groups is 3. The first-order valence-corrected chi connectivity index (χ1v) is 10.7. The molecule has 162 valence electrons. The molecular weight excluding hydrogens is 440 g/mol. The molecule has 10 heteroatoms. The zero-order valence-electron chi connectivity index (χ0n) is 16.5. The van der Waals surface area contributed by atoms with E-state index in [1.165, 1.54) is 11.0 Å². The van der Waals surface area contributed by atoms with Gasteiger partial charge in [0, 0.05) is 34.2 Å². The predicted molar refractivity (Wildman–Crippen MR) is 121 cm³/mol. The van der Waals surface area contributed by atoms with Crippen LogP contribution in [-0.4, -0.2) is 54.6 Å². The number of nitrogens with two attached hydrogens (primary N) is 1. The summed E-state index contributed by atoms with van der Waals surface area (Å²) < 4.78 is 5.38. The number of benzene rings is 1. The second-order valence-corrected chi connectivity index (χ2v) is 8.43. The number of thiocarbonyl (C=S) groups is 1. The van der Waals surface area contributed by atoms with E-state index in [0.29, 0.717) is 40.5 Å². The van der Waals surface area contributed by atoms with E-state index in [1.54, 1.807) is 35.2 Å². The van der Waals surface area contributed by atoms with Crippen LogP contribution in [0.15, 0.2) is 47.0 Å². The highest BCUT2D eigenvalue weighted by Gasteiger charge is 2.34. The van der Waals surface area contributed by atoms with Crippen molar-refractivity contribution in [1.29, 1.82) is 0 Å². The number of carbonyl (C=O) groups excluding carboxylic acids is 3. The first-order chi connectivity index (χ1) is 14.8. The highest BCUT2D eigenvalue weighted by atomic mass is 35.5. The van der Waals surface area contributed by atoms with Gasteiger partial charge in [-0.15, -0.1) is 0 Å². The fourth-order valence-corrected chi connectivity index (χ4v) is 4.10. The Balaban J connectivity index is 1.35. The van der Waals surface area contributed by atoms with Crippen molar-refractivity contribution in [3.8, 4) is 0 Å². The molecule has 0 aromatic heterocycles. The van der Waals surface area contributed by atoms with Crippen molar-refractivity contribution in [3.05, 3.63) is 47.0 Å². The van der Waals surface area contributed by atoms with E-state index in [0.717, 1.165) is 5.69 Å². The molecule has 0 saturated carbocycles. The Bertz CT molecular complexity index is 1010. The van der Waals surface area contributed by atoms with Gasteiger partial charge in [0.1, 0.15) is 6.10 Å². The van der Waals surface area contributed by atoms with Crippen LogP contribution < -0.4 is 20.9 Å². The topological polar surface area (TPSA) is 105 Å². The molecule has 3 amide bonds. The van der Waals surface area contributed by atoms with Crippen LogP contribution in [0, 0.1) is 0 Å². The lowest BCUT2D eigenvalue weighted by Crippen LogP contribution is -2.36. The van der Waals surface area contributed by atoms with Gasteiger partial charge in [-0.1, -0.05) is 29.9 Å². The molecule has 0 spiro atoms. The summed E-state index contributed by atoms with van der Waals surface area (Å²) in [5.74, 6) is -0.447. The number of nitrogens with zero attached hydrogens (tertiary/aromatic N) is 2. The van der Waals surface area contributed by atoms with E-state index in [4.69, 9.17) is 34.3 Å². The number of cyclic esters (lactones) is 1. The number of ether oxygens (including phenoxy) is 1. The fourth-order valence-electron chi connectivity index (χ4n) is 3.68. The van der Waals surface area contributed by atoms with Gasteiger partial charge >= 0.3 is 6.09 Å². The van der Waals surface area contributed by atoms with Crippen LogP contribution in [0.4, 0.5) is 16.2 Å². The second-order valence-electron chi connectivity index (χ2n) is 7.50. The summed E-state index contributed by atoms with van der Waals surface area (Å²) in [6.45, 7) is 1.02. The zero-order chi connectivity index (χ0) is 22.1. The SMILES string of the molecule is N[C@@H]1CCN(c2ccc(N3C[C@H](CNC(=O)C4=CC(Cl)=CCC4=S)OC3=O)cc2)C1=O. The van der Waals surface area contributed by atoms with Crippen LogP contribution in [-0.2, 0) is 14.3 Å². The molecule has 0 bridgehead atoms. The van der Waals surface area contributed by atoms with Gasteiger partial charge in [-0.05, 0) is 36.8 Å². The number of nitrogens with one attached hydrogen (secondary N) is 1. The quantitative estimate of drug-likeness (QED) is 0.651. The van der Waals surface area contributed by atoms with E-state index in [1.807, 2.05) is 0 Å². The summed E-state index contributed by atoms with van der Waals surface area (Å²) in [7, 11) is 0. The molecule has 2 fully saturated rings. The summed E-state index contributed by atoms with van der Waals surface area (Å²) in [6, 6.07) is 6.61. The number of amides is 3. The smallest absolute Gasteiger partial charge is 0.414 e. The van der Waals surface area contributed by atoms with Crippen LogP contribution >= 0.6 is 23.8 Å². The molecule has 0 radical (unpaired) electrons. The maximum absolute atomic E-state index is 12.4. The van der Waals surface area contributed by atoms with Gasteiger partial charge in [0.05, 0.1) is 24.7 Å². The Morgan fingerprint density at radius 2 is 1.90 bits per heavy atom. The molecule has 1 aromatic rings. The molecule has 3 aliphatic rings. The third-order valence-corrected chi connectivity index (χ3v) is 6.04. The predicted octanol–water partition coefficient (Wildman–Crippen LogP) is 2.01. The summed E-state index contributed by atoms with van der Waals surface area (Å²) in [5, 5.41) is 3.22. The molecule has 8 nitrogen and oxygen atoms in total. The van der Waals surface area contributed by atoms with Crippen molar-refractivity contribution < 1.29 is 19.1 Å². The summed E-state index contributed by atoms with van der Waals surface area (Å²) in [6.07, 6.45) is 3.36. The van der Waals surface area contributed by atoms with Crippen LogP contribution in [0.5, 0.6) is 0 Å². The maximum atomic E-state index is 12.4. The van der Waals surface area contributed by atoms with E-state index in [2.05, 4.69) is 5.32 Å². The molecular formula is C21H21ClN4O4S. The van der Waals surface area contributed by atoms with Crippen LogP contribution in [0.2, 0.25) is 0 Å². The number of hydrogen-bond acceptors (Lipinski definition) is 6. The van der Waals surface area contributed by atoms with Gasteiger partial charge in [0.25, 0.3) is 5.91 Å². The van der Waals surface area contributed by atoms with Crippen molar-refractivity contribution in [1.82, 2.24) is 5.32 Å². The lowest BCUT2D eigenvalue weighted by atomic mass is 10.0. The van der Waals surface area contributed by atoms with Gasteiger partial charge in [0.15, 0.2) is 0 Å². The molecule has 0 unspecified atom stereocenters. The third kappa shape index (κ3) is 4.48. The summed E-state index contributed by atoms with van der Waals surface area (Å²) >= 11 is 11.2. The van der Waals surface area contributed by atoms with Crippen LogP contribution in [0.1, 0.15) is 12.8 Å². The van der Waals surface area contributed by atoms with Crippen molar-refractivity contribution in [3.63, 3.8) is 0 Å². The highest BCUT2D eigenvalue weighted by molar-refractivity contribution is 7.81. The summed E-state index contributed by atoms with van der Waals surface area (Å²) in [5.41, 5.74) is 7.51. The average molecular weight is 461 g/mol. The number of allylic oxidation sites excluding steroid dienone is 3. The van der Waals surface area contributed by atoms with Gasteiger partial charge in [-0.2, -0.15) is 0 Å². The van der Waals surface area contributed by atoms with E-state index < -0.39 is 18.2 Å². The van der Waals surface area contributed by atoms with E-state index >= 15 is 0 Å².